The molecule has 1 N–H and O–H groups in total. The Balaban J connectivity index is 0.000000989. The van der Waals surface area contributed by atoms with Gasteiger partial charge in [0.15, 0.2) is 0 Å². The van der Waals surface area contributed by atoms with E-state index in [4.69, 9.17) is 18.9 Å². The SMILES string of the molecule is CC(=O)[O-].CC(C)(C)N[P+](N=P(N1CCCC1)(N1CCCC1)N1CCCC1)(N=P(N1CCCC1)(N1CCCC1)N1CCCC1)N1CCCC1. The van der Waals surface area contributed by atoms with Gasteiger partial charge in [0.2, 0.25) is 15.0 Å². The third-order valence-corrected chi connectivity index (χ3v) is 24.3. The molecule has 7 aliphatic rings. The van der Waals surface area contributed by atoms with E-state index in [1.807, 2.05) is 0 Å². The number of carboxylic acid groups (broad SMARTS) is 1. The molecule has 0 aromatic carbocycles. The lowest BCUT2D eigenvalue weighted by molar-refractivity contribution is -0.302. The highest BCUT2D eigenvalue weighted by molar-refractivity contribution is 7.81. The summed E-state index contributed by atoms with van der Waals surface area (Å²) in [4.78, 5) is 8.89. The summed E-state index contributed by atoms with van der Waals surface area (Å²) in [5.74, 6) is -1.08. The summed E-state index contributed by atoms with van der Waals surface area (Å²) < 4.78 is 34.1. The number of hydrogen-bond acceptors (Lipinski definition) is 6. The number of nitrogens with one attached hydrogen (secondary N) is 1. The molecule has 0 bridgehead atoms. The Morgan fingerprint density at radius 3 is 0.918 bits per heavy atom. The van der Waals surface area contributed by atoms with Crippen LogP contribution in [0.1, 0.15) is 118 Å². The first-order valence-corrected chi connectivity index (χ1v) is 24.9. The molecule has 282 valence electrons. The van der Waals surface area contributed by atoms with E-state index in [1.54, 1.807) is 0 Å². The normalized spacial score (nSPS) is 26.6. The Morgan fingerprint density at radius 1 is 0.510 bits per heavy atom. The molecule has 0 saturated carbocycles. The van der Waals surface area contributed by atoms with Crippen LogP contribution >= 0.6 is 22.9 Å². The largest absolute Gasteiger partial charge is 0.550 e. The van der Waals surface area contributed by atoms with Gasteiger partial charge in [0.05, 0.1) is 0 Å². The maximum absolute atomic E-state index is 8.89. The third kappa shape index (κ3) is 8.56. The number of carbonyl (C=O) groups is 1. The second-order valence-corrected chi connectivity index (χ2v) is 25.2. The highest BCUT2D eigenvalue weighted by Crippen LogP contribution is 2.80. The molecule has 7 rings (SSSR count). The Labute approximate surface area is 299 Å². The lowest BCUT2D eigenvalue weighted by Crippen LogP contribution is -2.44. The van der Waals surface area contributed by atoms with Crippen molar-refractivity contribution >= 4 is 28.8 Å². The van der Waals surface area contributed by atoms with Gasteiger partial charge >= 0.3 is 7.87 Å². The van der Waals surface area contributed by atoms with E-state index in [-0.39, 0.29) is 5.54 Å². The van der Waals surface area contributed by atoms with Gasteiger partial charge < -0.3 is 9.90 Å². The summed E-state index contributed by atoms with van der Waals surface area (Å²) in [6.45, 7) is 25.0. The van der Waals surface area contributed by atoms with Crippen molar-refractivity contribution in [2.75, 3.05) is 91.6 Å². The Morgan fingerprint density at radius 2 is 0.714 bits per heavy atom. The first kappa shape index (κ1) is 38.8. The minimum Gasteiger partial charge on any atom is -0.550 e. The Hall–Kier alpha value is 0.0400. The van der Waals surface area contributed by atoms with Crippen LogP contribution in [0.3, 0.4) is 0 Å². The zero-order valence-electron chi connectivity index (χ0n) is 31.5. The molecule has 7 heterocycles. The molecule has 0 aromatic rings. The molecule has 15 heteroatoms. The summed E-state index contributed by atoms with van der Waals surface area (Å²) in [5.41, 5.74) is -0.0727. The number of nitrogens with zero attached hydrogens (tertiary/aromatic N) is 9. The van der Waals surface area contributed by atoms with Crippen molar-refractivity contribution in [2.45, 2.75) is 123 Å². The van der Waals surface area contributed by atoms with E-state index in [9.17, 15) is 0 Å². The summed E-state index contributed by atoms with van der Waals surface area (Å²) in [6, 6.07) is 0. The van der Waals surface area contributed by atoms with Crippen LogP contribution in [-0.2, 0) is 4.79 Å². The highest BCUT2D eigenvalue weighted by atomic mass is 31.3. The van der Waals surface area contributed by atoms with Gasteiger partial charge in [-0.25, -0.2) is 28.0 Å². The van der Waals surface area contributed by atoms with Crippen LogP contribution in [0.2, 0.25) is 0 Å². The Kier molecular flexibility index (Phi) is 13.5. The van der Waals surface area contributed by atoms with Crippen LogP contribution in [0.4, 0.5) is 0 Å². The van der Waals surface area contributed by atoms with E-state index >= 15 is 0 Å². The van der Waals surface area contributed by atoms with Crippen LogP contribution in [-0.4, -0.2) is 136 Å². The molecule has 0 amide bonds. The highest BCUT2D eigenvalue weighted by Gasteiger charge is 2.60. The minimum absolute atomic E-state index is 0.0727. The summed E-state index contributed by atoms with van der Waals surface area (Å²) in [5, 5.41) is 13.4. The van der Waals surface area contributed by atoms with Crippen molar-refractivity contribution in [3.8, 4) is 0 Å². The zero-order valence-corrected chi connectivity index (χ0v) is 34.2. The fourth-order valence-corrected chi connectivity index (χ4v) is 25.3. The van der Waals surface area contributed by atoms with E-state index in [1.165, 1.54) is 168 Å². The molecule has 49 heavy (non-hydrogen) atoms. The molecule has 0 spiro atoms. The standard InChI is InChI=1S/C32H66N10P3.C2H4O2/c1-32(2,3)33-43(36-18-4-5-19-36,34-44(37-20-6-7-21-37,38-22-8-9-23-38)39-24-10-11-25-39)35-45(40-26-12-13-27-40,41-28-14-15-29-41)42-30-16-17-31-42;1-2(3)4/h33H,4-31H2,1-3H3;1H3,(H,3,4)/q+1;/p-1. The summed E-state index contributed by atoms with van der Waals surface area (Å²) in [6.07, 6.45) is 18.4. The van der Waals surface area contributed by atoms with Crippen LogP contribution in [0.15, 0.2) is 9.03 Å². The minimum atomic E-state index is -2.54. The summed E-state index contributed by atoms with van der Waals surface area (Å²) >= 11 is 0. The van der Waals surface area contributed by atoms with Gasteiger partial charge in [0.1, 0.15) is 0 Å². The molecule has 0 unspecified atom stereocenters. The molecular weight excluding hydrogens is 673 g/mol. The Bertz CT molecular complexity index is 1020. The van der Waals surface area contributed by atoms with Crippen molar-refractivity contribution in [1.29, 1.82) is 0 Å². The monoisotopic (exact) mass is 742 g/mol. The number of carboxylic acids is 1. The number of hydrogen-bond donors (Lipinski definition) is 1. The zero-order chi connectivity index (χ0) is 34.5. The quantitative estimate of drug-likeness (QED) is 0.254. The maximum atomic E-state index is 8.89. The first-order chi connectivity index (χ1) is 23.6. The number of rotatable bonds is 10. The fourth-order valence-electron chi connectivity index (χ4n) is 9.24. The van der Waals surface area contributed by atoms with Gasteiger partial charge in [-0.1, -0.05) is 0 Å². The molecule has 12 nitrogen and oxygen atoms in total. The van der Waals surface area contributed by atoms with Gasteiger partial charge in [-0.15, -0.1) is 9.76 Å². The molecule has 7 saturated heterocycles. The van der Waals surface area contributed by atoms with Gasteiger partial charge in [-0.05, 0) is 127 Å². The molecule has 0 aromatic heterocycles. The summed E-state index contributed by atoms with van der Waals surface area (Å²) in [7, 11) is -6.82. The lowest BCUT2D eigenvalue weighted by Gasteiger charge is -2.48. The van der Waals surface area contributed by atoms with E-state index < -0.39 is 28.8 Å². The molecular formula is C34H69N10O2P3. The van der Waals surface area contributed by atoms with Crippen LogP contribution in [0.5, 0.6) is 0 Å². The lowest BCUT2D eigenvalue weighted by atomic mass is 10.1. The van der Waals surface area contributed by atoms with Crippen molar-refractivity contribution < 1.29 is 9.90 Å². The topological polar surface area (TPSA) is 99.6 Å². The van der Waals surface area contributed by atoms with Gasteiger partial charge in [0.25, 0.3) is 0 Å². The maximum Gasteiger partial charge on any atom is 0.402 e. The molecule has 0 aliphatic carbocycles. The molecule has 7 fully saturated rings. The van der Waals surface area contributed by atoms with Gasteiger partial charge in [0, 0.05) is 103 Å². The predicted octanol–water partition coefficient (Wildman–Crippen LogP) is 6.37. The van der Waals surface area contributed by atoms with Crippen molar-refractivity contribution in [3.05, 3.63) is 0 Å². The predicted molar refractivity (Wildman–Crippen MR) is 205 cm³/mol. The molecule has 0 atom stereocenters. The van der Waals surface area contributed by atoms with Crippen LogP contribution in [0.25, 0.3) is 0 Å². The second kappa shape index (κ2) is 17.0. The van der Waals surface area contributed by atoms with Gasteiger partial charge in [-0.3, -0.25) is 0 Å². The van der Waals surface area contributed by atoms with Crippen LogP contribution < -0.4 is 10.2 Å². The van der Waals surface area contributed by atoms with Crippen molar-refractivity contribution in [1.82, 2.24) is 37.8 Å². The first-order valence-electron chi connectivity index (χ1n) is 20.0. The smallest absolute Gasteiger partial charge is 0.402 e. The second-order valence-electron chi connectivity index (χ2n) is 16.3. The molecule has 0 radical (unpaired) electrons. The van der Waals surface area contributed by atoms with E-state index in [0.717, 1.165) is 20.0 Å². The fraction of sp³-hybridized carbons (Fsp3) is 0.971. The third-order valence-electron chi connectivity index (χ3n) is 11.2. The number of aliphatic carboxylic acids is 1. The average Bonchev–Trinajstić information content (AvgIpc) is 3.90. The van der Waals surface area contributed by atoms with E-state index in [2.05, 4.69) is 58.6 Å². The van der Waals surface area contributed by atoms with Crippen molar-refractivity contribution in [3.63, 3.8) is 0 Å². The number of carbonyl (C=O) groups excluding carboxylic acids is 1. The molecule has 7 aliphatic heterocycles. The van der Waals surface area contributed by atoms with Crippen LogP contribution in [0, 0.1) is 0 Å². The van der Waals surface area contributed by atoms with Crippen molar-refractivity contribution in [2.24, 2.45) is 9.03 Å². The van der Waals surface area contributed by atoms with Gasteiger partial charge in [-0.2, -0.15) is 0 Å². The van der Waals surface area contributed by atoms with E-state index in [0.29, 0.717) is 0 Å². The average molecular weight is 743 g/mol.